The van der Waals surface area contributed by atoms with E-state index in [1.807, 2.05) is 49.4 Å². The summed E-state index contributed by atoms with van der Waals surface area (Å²) < 4.78 is 1.74. The number of aromatic nitrogens is 3. The molecule has 1 amide bonds. The normalized spacial score (nSPS) is 13.0. The molecule has 1 aliphatic rings. The van der Waals surface area contributed by atoms with E-state index in [9.17, 15) is 9.59 Å². The van der Waals surface area contributed by atoms with Gasteiger partial charge in [-0.25, -0.2) is 4.79 Å². The van der Waals surface area contributed by atoms with E-state index in [0.717, 1.165) is 53.9 Å². The summed E-state index contributed by atoms with van der Waals surface area (Å²) in [6, 6.07) is 13.4. The molecule has 0 saturated heterocycles. The molecule has 6 nitrogen and oxygen atoms in total. The van der Waals surface area contributed by atoms with Crippen molar-refractivity contribution < 1.29 is 4.79 Å². The number of amides is 1. The second-order valence-electron chi connectivity index (χ2n) is 7.39. The zero-order chi connectivity index (χ0) is 20.9. The second kappa shape index (κ2) is 9.26. The molecule has 0 atom stereocenters. The van der Waals surface area contributed by atoms with Crippen LogP contribution in [0.1, 0.15) is 35.4 Å². The molecule has 2 heterocycles. The van der Waals surface area contributed by atoms with Gasteiger partial charge in [0.05, 0.1) is 18.0 Å². The Labute approximate surface area is 179 Å². The molecule has 4 rings (SSSR count). The predicted molar refractivity (Wildman–Crippen MR) is 119 cm³/mol. The lowest BCUT2D eigenvalue weighted by atomic mass is 9.97. The SMILES string of the molecule is Cc1ccccc1NC(=O)CSc1nc(=O)n(Cc2ccccn2)c2c1CCCC2. The Morgan fingerprint density at radius 3 is 2.73 bits per heavy atom. The van der Waals surface area contributed by atoms with Gasteiger partial charge in [-0.1, -0.05) is 36.0 Å². The number of fused-ring (bicyclic) bond motifs is 1. The number of pyridine rings is 1. The monoisotopic (exact) mass is 420 g/mol. The van der Waals surface area contributed by atoms with Crippen LogP contribution in [0.15, 0.2) is 58.5 Å². The van der Waals surface area contributed by atoms with Crippen molar-refractivity contribution in [3.8, 4) is 0 Å². The van der Waals surface area contributed by atoms with E-state index in [0.29, 0.717) is 11.6 Å². The summed E-state index contributed by atoms with van der Waals surface area (Å²) >= 11 is 1.35. The van der Waals surface area contributed by atoms with Gasteiger partial charge in [-0.3, -0.25) is 14.3 Å². The number of rotatable bonds is 6. The molecule has 0 spiro atoms. The molecule has 0 unspecified atom stereocenters. The van der Waals surface area contributed by atoms with Crippen molar-refractivity contribution in [3.05, 3.63) is 81.7 Å². The third-order valence-electron chi connectivity index (χ3n) is 5.26. The first kappa shape index (κ1) is 20.3. The van der Waals surface area contributed by atoms with Gasteiger partial charge < -0.3 is 5.32 Å². The van der Waals surface area contributed by atoms with Crippen molar-refractivity contribution in [1.29, 1.82) is 0 Å². The number of nitrogens with one attached hydrogen (secondary N) is 1. The number of hydrogen-bond acceptors (Lipinski definition) is 5. The van der Waals surface area contributed by atoms with E-state index < -0.39 is 0 Å². The number of carbonyl (C=O) groups excluding carboxylic acids is 1. The number of benzene rings is 1. The van der Waals surface area contributed by atoms with Crippen LogP contribution in [0.25, 0.3) is 0 Å². The fourth-order valence-electron chi connectivity index (χ4n) is 3.72. The Morgan fingerprint density at radius 2 is 1.93 bits per heavy atom. The highest BCUT2D eigenvalue weighted by Gasteiger charge is 2.21. The van der Waals surface area contributed by atoms with Crippen LogP contribution < -0.4 is 11.0 Å². The molecule has 154 valence electrons. The highest BCUT2D eigenvalue weighted by atomic mass is 32.2. The molecular formula is C23H24N4O2S. The van der Waals surface area contributed by atoms with Gasteiger partial charge in [-0.15, -0.1) is 0 Å². The second-order valence-corrected chi connectivity index (χ2v) is 8.35. The molecule has 0 aliphatic heterocycles. The molecule has 2 aromatic heterocycles. The first-order valence-corrected chi connectivity index (χ1v) is 11.1. The van der Waals surface area contributed by atoms with E-state index >= 15 is 0 Å². The van der Waals surface area contributed by atoms with Crippen LogP contribution in [-0.2, 0) is 24.2 Å². The molecule has 1 aliphatic carbocycles. The average Bonchev–Trinajstić information content (AvgIpc) is 2.77. The van der Waals surface area contributed by atoms with E-state index in [1.54, 1.807) is 10.8 Å². The fourth-order valence-corrected chi connectivity index (χ4v) is 4.59. The lowest BCUT2D eigenvalue weighted by Crippen LogP contribution is -2.31. The van der Waals surface area contributed by atoms with Gasteiger partial charge in [0, 0.05) is 23.1 Å². The summed E-state index contributed by atoms with van der Waals surface area (Å²) in [7, 11) is 0. The van der Waals surface area contributed by atoms with E-state index in [-0.39, 0.29) is 17.3 Å². The Balaban J connectivity index is 1.54. The number of nitrogens with zero attached hydrogens (tertiary/aromatic N) is 3. The molecule has 7 heteroatoms. The van der Waals surface area contributed by atoms with Crippen molar-refractivity contribution in [2.24, 2.45) is 0 Å². The summed E-state index contributed by atoms with van der Waals surface area (Å²) in [5.74, 6) is 0.121. The number of para-hydroxylation sites is 1. The van der Waals surface area contributed by atoms with Crippen LogP contribution in [-0.4, -0.2) is 26.2 Å². The van der Waals surface area contributed by atoms with Crippen molar-refractivity contribution in [3.63, 3.8) is 0 Å². The van der Waals surface area contributed by atoms with Gasteiger partial charge in [0.1, 0.15) is 5.03 Å². The number of carbonyl (C=O) groups is 1. The van der Waals surface area contributed by atoms with E-state index in [4.69, 9.17) is 0 Å². The van der Waals surface area contributed by atoms with Crippen LogP contribution in [0.2, 0.25) is 0 Å². The summed E-state index contributed by atoms with van der Waals surface area (Å²) in [6.07, 6.45) is 5.59. The van der Waals surface area contributed by atoms with Crippen molar-refractivity contribution in [2.45, 2.75) is 44.2 Å². The molecule has 0 fully saturated rings. The molecular weight excluding hydrogens is 396 g/mol. The average molecular weight is 421 g/mol. The molecule has 0 saturated carbocycles. The lowest BCUT2D eigenvalue weighted by molar-refractivity contribution is -0.113. The molecule has 0 bridgehead atoms. The summed E-state index contributed by atoms with van der Waals surface area (Å²) in [6.45, 7) is 2.38. The van der Waals surface area contributed by atoms with Crippen molar-refractivity contribution >= 4 is 23.4 Å². The predicted octanol–water partition coefficient (Wildman–Crippen LogP) is 3.60. The summed E-state index contributed by atoms with van der Waals surface area (Å²) in [5.41, 5.74) is 4.53. The third kappa shape index (κ3) is 4.62. The first-order chi connectivity index (χ1) is 14.6. The Morgan fingerprint density at radius 1 is 1.13 bits per heavy atom. The van der Waals surface area contributed by atoms with Gasteiger partial charge in [0.2, 0.25) is 5.91 Å². The number of anilines is 1. The van der Waals surface area contributed by atoms with Gasteiger partial charge in [-0.05, 0) is 56.4 Å². The highest BCUT2D eigenvalue weighted by Crippen LogP contribution is 2.29. The minimum Gasteiger partial charge on any atom is -0.325 e. The Hall–Kier alpha value is -2.93. The highest BCUT2D eigenvalue weighted by molar-refractivity contribution is 8.00. The van der Waals surface area contributed by atoms with Crippen LogP contribution in [0.3, 0.4) is 0 Å². The minimum absolute atomic E-state index is 0.0988. The fraction of sp³-hybridized carbons (Fsp3) is 0.304. The maximum atomic E-state index is 12.8. The van der Waals surface area contributed by atoms with E-state index in [2.05, 4.69) is 15.3 Å². The summed E-state index contributed by atoms with van der Waals surface area (Å²) in [5, 5.41) is 3.63. The first-order valence-electron chi connectivity index (χ1n) is 10.1. The molecule has 0 radical (unpaired) electrons. The van der Waals surface area contributed by atoms with Gasteiger partial charge in [0.25, 0.3) is 0 Å². The largest absolute Gasteiger partial charge is 0.349 e. The summed E-state index contributed by atoms with van der Waals surface area (Å²) in [4.78, 5) is 33.9. The Bertz CT molecular complexity index is 1110. The Kier molecular flexibility index (Phi) is 6.28. The third-order valence-corrected chi connectivity index (χ3v) is 6.27. The zero-order valence-electron chi connectivity index (χ0n) is 16.9. The molecule has 3 aromatic rings. The number of thioether (sulfide) groups is 1. The molecule has 30 heavy (non-hydrogen) atoms. The zero-order valence-corrected chi connectivity index (χ0v) is 17.7. The standard InChI is InChI=1S/C23H24N4O2S/c1-16-8-2-4-11-19(16)25-21(28)15-30-22-18-10-3-5-12-20(18)27(23(29)26-22)14-17-9-6-7-13-24-17/h2,4,6-9,11,13H,3,5,10,12,14-15H2,1H3,(H,25,28). The lowest BCUT2D eigenvalue weighted by Gasteiger charge is -2.22. The van der Waals surface area contributed by atoms with E-state index in [1.165, 1.54) is 11.8 Å². The van der Waals surface area contributed by atoms with Crippen LogP contribution in [0.4, 0.5) is 5.69 Å². The van der Waals surface area contributed by atoms with Crippen LogP contribution >= 0.6 is 11.8 Å². The van der Waals surface area contributed by atoms with Crippen LogP contribution in [0, 0.1) is 6.92 Å². The van der Waals surface area contributed by atoms with Gasteiger partial charge in [0.15, 0.2) is 0 Å². The minimum atomic E-state index is -0.275. The van der Waals surface area contributed by atoms with Crippen molar-refractivity contribution in [2.75, 3.05) is 11.1 Å². The number of aryl methyl sites for hydroxylation is 1. The van der Waals surface area contributed by atoms with Gasteiger partial charge in [-0.2, -0.15) is 4.98 Å². The maximum absolute atomic E-state index is 12.8. The quantitative estimate of drug-likeness (QED) is 0.487. The molecule has 1 aromatic carbocycles. The van der Waals surface area contributed by atoms with Crippen molar-refractivity contribution in [1.82, 2.24) is 14.5 Å². The number of hydrogen-bond donors (Lipinski definition) is 1. The maximum Gasteiger partial charge on any atom is 0.349 e. The van der Waals surface area contributed by atoms with Crippen LogP contribution in [0.5, 0.6) is 0 Å². The topological polar surface area (TPSA) is 76.9 Å². The smallest absolute Gasteiger partial charge is 0.325 e. The molecule has 1 N–H and O–H groups in total. The van der Waals surface area contributed by atoms with Gasteiger partial charge >= 0.3 is 5.69 Å².